The van der Waals surface area contributed by atoms with Gasteiger partial charge in [-0.2, -0.15) is 0 Å². The van der Waals surface area contributed by atoms with E-state index in [9.17, 15) is 4.79 Å². The Kier molecular flexibility index (Phi) is 7.45. The van der Waals surface area contributed by atoms with Crippen molar-refractivity contribution < 1.29 is 4.79 Å². The molecule has 0 saturated carbocycles. The van der Waals surface area contributed by atoms with Crippen molar-refractivity contribution in [3.63, 3.8) is 0 Å². The summed E-state index contributed by atoms with van der Waals surface area (Å²) >= 11 is 2.44. The zero-order valence-corrected chi connectivity index (χ0v) is 22.0. The second-order valence-corrected chi connectivity index (χ2v) is 10.7. The molecule has 0 aliphatic carbocycles. The van der Waals surface area contributed by atoms with Gasteiger partial charge in [-0.15, -0.1) is 0 Å². The average Bonchev–Trinajstić information content (AvgIpc) is 3.31. The molecule has 4 nitrogen and oxygen atoms in total. The Morgan fingerprint density at radius 3 is 2.31 bits per heavy atom. The number of hydrogen-bond acceptors (Lipinski definition) is 3. The number of carbonyl (C=O) groups excluding carboxylic acids is 1. The molecule has 2 fully saturated rings. The van der Waals surface area contributed by atoms with E-state index in [2.05, 4.69) is 69.8 Å². The number of anilines is 1. The molecule has 2 heterocycles. The minimum absolute atomic E-state index is 0.225. The third-order valence-corrected chi connectivity index (χ3v) is 8.08. The van der Waals surface area contributed by atoms with Crippen LogP contribution in [0, 0.1) is 38.5 Å². The molecule has 2 aliphatic heterocycles. The van der Waals surface area contributed by atoms with Crippen LogP contribution in [0.2, 0.25) is 0 Å². The highest BCUT2D eigenvalue weighted by Crippen LogP contribution is 2.33. The summed E-state index contributed by atoms with van der Waals surface area (Å²) < 4.78 is 1.05. The number of aryl methyl sites for hydroxylation is 3. The summed E-state index contributed by atoms with van der Waals surface area (Å²) in [5.41, 5.74) is 7.10. The van der Waals surface area contributed by atoms with Gasteiger partial charge in [0, 0.05) is 54.9 Å². The molecule has 2 saturated heterocycles. The molecule has 0 spiro atoms. The fourth-order valence-electron chi connectivity index (χ4n) is 5.44. The molecule has 1 N–H and O–H groups in total. The first-order chi connectivity index (χ1) is 15.4. The lowest BCUT2D eigenvalue weighted by Crippen LogP contribution is -2.36. The van der Waals surface area contributed by atoms with Crippen LogP contribution in [-0.2, 0) is 4.43 Å². The largest absolute Gasteiger partial charge is 0.385 e. The molecule has 5 heteroatoms. The zero-order valence-electron chi connectivity index (χ0n) is 19.8. The highest BCUT2D eigenvalue weighted by Gasteiger charge is 2.42. The number of alkyl halides is 1. The van der Waals surface area contributed by atoms with E-state index in [1.165, 1.54) is 16.8 Å². The molecule has 3 unspecified atom stereocenters. The maximum absolute atomic E-state index is 13.2. The van der Waals surface area contributed by atoms with E-state index in [0.29, 0.717) is 17.8 Å². The minimum atomic E-state index is 0.225. The van der Waals surface area contributed by atoms with Crippen LogP contribution in [0.25, 0.3) is 0 Å². The highest BCUT2D eigenvalue weighted by atomic mass is 127. The molecular weight excluding hydrogens is 509 g/mol. The summed E-state index contributed by atoms with van der Waals surface area (Å²) in [4.78, 5) is 17.9. The number of amides is 1. The van der Waals surface area contributed by atoms with E-state index in [4.69, 9.17) is 0 Å². The Morgan fingerprint density at radius 1 is 1.03 bits per heavy atom. The monoisotopic (exact) mass is 545 g/mol. The molecule has 2 aliphatic rings. The minimum Gasteiger partial charge on any atom is -0.385 e. The molecule has 0 bridgehead atoms. The van der Waals surface area contributed by atoms with Gasteiger partial charge in [-0.1, -0.05) is 53.8 Å². The van der Waals surface area contributed by atoms with Gasteiger partial charge < -0.3 is 15.1 Å². The Balaban J connectivity index is 1.26. The van der Waals surface area contributed by atoms with Crippen molar-refractivity contribution in [1.29, 1.82) is 0 Å². The lowest BCUT2D eigenvalue weighted by molar-refractivity contribution is 0.0771. The number of fused-ring (bicyclic) bond motifs is 1. The van der Waals surface area contributed by atoms with Crippen molar-refractivity contribution in [2.45, 2.75) is 32.1 Å². The number of carbonyl (C=O) groups is 1. The lowest BCUT2D eigenvalue weighted by Gasteiger charge is -2.25. The first-order valence-electron chi connectivity index (χ1n) is 11.8. The Morgan fingerprint density at radius 2 is 1.69 bits per heavy atom. The third kappa shape index (κ3) is 5.14. The van der Waals surface area contributed by atoms with Gasteiger partial charge in [0.2, 0.25) is 0 Å². The van der Waals surface area contributed by atoms with Crippen molar-refractivity contribution in [2.24, 2.45) is 17.8 Å². The van der Waals surface area contributed by atoms with Crippen LogP contribution < -0.4 is 5.32 Å². The van der Waals surface area contributed by atoms with Gasteiger partial charge in [-0.3, -0.25) is 4.79 Å². The predicted octanol–water partition coefficient (Wildman–Crippen LogP) is 5.30. The van der Waals surface area contributed by atoms with Crippen molar-refractivity contribution in [2.75, 3.05) is 44.6 Å². The topological polar surface area (TPSA) is 35.6 Å². The van der Waals surface area contributed by atoms with Crippen molar-refractivity contribution in [3.05, 3.63) is 64.2 Å². The second kappa shape index (κ2) is 10.1. The summed E-state index contributed by atoms with van der Waals surface area (Å²) in [6, 6.07) is 12.8. The molecular formula is C27H36IN3O. The standard InChI is InChI=1S/C27H36IN3O/c1-18(12-29-25-9-8-19(2)22(10-25)11-28)13-30-14-23-16-31(17-24(23)15-30)27(32)26-20(3)6-5-7-21(26)4/h5-10,18,23-24,29H,11-17H2,1-4H3. The van der Waals surface area contributed by atoms with E-state index < -0.39 is 0 Å². The first kappa shape index (κ1) is 23.6. The zero-order chi connectivity index (χ0) is 22.8. The number of halogens is 1. The third-order valence-electron chi connectivity index (χ3n) is 7.26. The van der Waals surface area contributed by atoms with E-state index in [1.54, 1.807) is 0 Å². The first-order valence-corrected chi connectivity index (χ1v) is 13.4. The molecule has 4 rings (SSSR count). The summed E-state index contributed by atoms with van der Waals surface area (Å²) in [5, 5.41) is 3.64. The molecule has 3 atom stereocenters. The number of rotatable bonds is 7. The Bertz CT molecular complexity index is 941. The van der Waals surface area contributed by atoms with E-state index in [1.807, 2.05) is 32.0 Å². The number of hydrogen-bond donors (Lipinski definition) is 1. The van der Waals surface area contributed by atoms with Gasteiger partial charge in [0.15, 0.2) is 0 Å². The van der Waals surface area contributed by atoms with Gasteiger partial charge in [0.05, 0.1) is 0 Å². The van der Waals surface area contributed by atoms with E-state index >= 15 is 0 Å². The van der Waals surface area contributed by atoms with Gasteiger partial charge in [-0.05, 0) is 72.9 Å². The number of benzene rings is 2. The van der Waals surface area contributed by atoms with Gasteiger partial charge in [0.1, 0.15) is 0 Å². The predicted molar refractivity (Wildman–Crippen MR) is 142 cm³/mol. The maximum atomic E-state index is 13.2. The van der Waals surface area contributed by atoms with Gasteiger partial charge >= 0.3 is 0 Å². The molecule has 1 amide bonds. The van der Waals surface area contributed by atoms with Crippen molar-refractivity contribution >= 4 is 34.2 Å². The van der Waals surface area contributed by atoms with E-state index in [-0.39, 0.29) is 5.91 Å². The van der Waals surface area contributed by atoms with Crippen LogP contribution in [0.3, 0.4) is 0 Å². The van der Waals surface area contributed by atoms with Crippen LogP contribution in [-0.4, -0.2) is 55.0 Å². The number of nitrogens with one attached hydrogen (secondary N) is 1. The van der Waals surface area contributed by atoms with E-state index in [0.717, 1.165) is 60.4 Å². The molecule has 32 heavy (non-hydrogen) atoms. The van der Waals surface area contributed by atoms with Crippen LogP contribution >= 0.6 is 22.6 Å². The number of likely N-dealkylation sites (tertiary alicyclic amines) is 2. The molecule has 0 aromatic heterocycles. The fourth-order valence-corrected chi connectivity index (χ4v) is 6.26. The Hall–Kier alpha value is -1.60. The van der Waals surface area contributed by atoms with Crippen LogP contribution in [0.15, 0.2) is 36.4 Å². The van der Waals surface area contributed by atoms with Crippen molar-refractivity contribution in [1.82, 2.24) is 9.80 Å². The smallest absolute Gasteiger partial charge is 0.254 e. The van der Waals surface area contributed by atoms with Crippen LogP contribution in [0.1, 0.15) is 39.5 Å². The second-order valence-electron chi connectivity index (χ2n) is 9.98. The van der Waals surface area contributed by atoms with Crippen molar-refractivity contribution in [3.8, 4) is 0 Å². The SMILES string of the molecule is Cc1ccc(NCC(C)CN2CC3CN(C(=O)c4c(C)cccc4C)CC3C2)cc1CI. The summed E-state index contributed by atoms with van der Waals surface area (Å²) in [6.45, 7) is 14.8. The van der Waals surface area contributed by atoms with Crippen LogP contribution in [0.5, 0.6) is 0 Å². The van der Waals surface area contributed by atoms with Gasteiger partial charge in [0.25, 0.3) is 5.91 Å². The van der Waals surface area contributed by atoms with Crippen LogP contribution in [0.4, 0.5) is 5.69 Å². The summed E-state index contributed by atoms with van der Waals surface area (Å²) in [6.07, 6.45) is 0. The molecule has 2 aromatic carbocycles. The fraction of sp³-hybridized carbons (Fsp3) is 0.519. The molecule has 172 valence electrons. The maximum Gasteiger partial charge on any atom is 0.254 e. The average molecular weight is 546 g/mol. The lowest BCUT2D eigenvalue weighted by atomic mass is 10.0. The quantitative estimate of drug-likeness (QED) is 0.379. The highest BCUT2D eigenvalue weighted by molar-refractivity contribution is 14.1. The molecule has 2 aromatic rings. The van der Waals surface area contributed by atoms with Gasteiger partial charge in [-0.25, -0.2) is 0 Å². The number of nitrogens with zero attached hydrogens (tertiary/aromatic N) is 2. The molecule has 0 radical (unpaired) electrons. The summed E-state index contributed by atoms with van der Waals surface area (Å²) in [7, 11) is 0. The Labute approximate surface area is 206 Å². The normalized spacial score (nSPS) is 21.6. The summed E-state index contributed by atoms with van der Waals surface area (Å²) in [5.74, 6) is 2.05.